The van der Waals surface area contributed by atoms with Crippen LogP contribution in [0.2, 0.25) is 36.3 Å². The Morgan fingerprint density at radius 3 is 1.62 bits per heavy atom. The first-order valence-corrected chi connectivity index (χ1v) is 15.5. The van der Waals surface area contributed by atoms with Gasteiger partial charge in [0, 0.05) is 0 Å². The zero-order chi connectivity index (χ0) is 20.4. The van der Waals surface area contributed by atoms with E-state index in [1.807, 2.05) is 18.2 Å². The minimum Gasteiger partial charge on any atom is -0.409 e. The third kappa shape index (κ3) is 5.76. The van der Waals surface area contributed by atoms with Crippen LogP contribution in [0.25, 0.3) is 0 Å². The smallest absolute Gasteiger partial charge is 0.193 e. The lowest BCUT2D eigenvalue weighted by atomic mass is 10.1. The Morgan fingerprint density at radius 2 is 1.23 bits per heavy atom. The summed E-state index contributed by atoms with van der Waals surface area (Å²) in [4.78, 5) is 0. The Morgan fingerprint density at radius 1 is 0.808 bits per heavy atom. The Hall–Kier alpha value is -0.466. The lowest BCUT2D eigenvalue weighted by molar-refractivity contribution is -0.000537. The largest absolute Gasteiger partial charge is 0.409 e. The number of hydrogen-bond donors (Lipinski definition) is 1. The topological polar surface area (TPSA) is 38.7 Å². The average molecular weight is 397 g/mol. The van der Waals surface area contributed by atoms with Gasteiger partial charge in [-0.1, -0.05) is 71.9 Å². The number of hydrogen-bond acceptors (Lipinski definition) is 3. The molecule has 0 saturated carbocycles. The highest BCUT2D eigenvalue weighted by molar-refractivity contribution is 6.74. The van der Waals surface area contributed by atoms with E-state index in [1.54, 1.807) is 0 Å². The first kappa shape index (κ1) is 23.6. The molecule has 0 aliphatic rings. The van der Waals surface area contributed by atoms with E-state index in [1.165, 1.54) is 0 Å². The summed E-state index contributed by atoms with van der Waals surface area (Å²) in [7, 11) is -4.06. The van der Waals surface area contributed by atoms with E-state index in [4.69, 9.17) is 8.85 Å². The van der Waals surface area contributed by atoms with Gasteiger partial charge in [0.1, 0.15) is 0 Å². The maximum absolute atomic E-state index is 10.2. The van der Waals surface area contributed by atoms with Crippen LogP contribution in [-0.2, 0) is 8.85 Å². The highest BCUT2D eigenvalue weighted by atomic mass is 28.4. The maximum Gasteiger partial charge on any atom is 0.193 e. The van der Waals surface area contributed by atoms with Crippen LogP contribution < -0.4 is 0 Å². The minimum absolute atomic E-state index is 0.0410. The minimum atomic E-state index is -2.03. The van der Waals surface area contributed by atoms with Crippen LogP contribution in [0.1, 0.15) is 53.2 Å². The fourth-order valence-corrected chi connectivity index (χ4v) is 4.83. The van der Waals surface area contributed by atoms with E-state index < -0.39 is 16.6 Å². The van der Waals surface area contributed by atoms with Gasteiger partial charge in [-0.25, -0.2) is 0 Å². The lowest BCUT2D eigenvalue weighted by Crippen LogP contribution is -2.50. The van der Waals surface area contributed by atoms with Crippen LogP contribution in [0.4, 0.5) is 0 Å². The molecule has 1 aromatic rings. The van der Waals surface area contributed by atoms with Crippen molar-refractivity contribution in [1.82, 2.24) is 0 Å². The quantitative estimate of drug-likeness (QED) is 0.563. The van der Waals surface area contributed by atoms with E-state index in [9.17, 15) is 5.11 Å². The van der Waals surface area contributed by atoms with E-state index >= 15 is 0 Å². The van der Waals surface area contributed by atoms with Crippen molar-refractivity contribution in [3.63, 3.8) is 0 Å². The Balaban J connectivity index is 3.26. The van der Waals surface area contributed by atoms with Gasteiger partial charge in [-0.2, -0.15) is 0 Å². The van der Waals surface area contributed by atoms with Gasteiger partial charge < -0.3 is 14.0 Å². The van der Waals surface area contributed by atoms with Crippen molar-refractivity contribution in [3.8, 4) is 0 Å². The Bertz CT molecular complexity index is 557. The first-order valence-electron chi connectivity index (χ1n) is 9.64. The molecule has 0 fully saturated rings. The summed E-state index contributed by atoms with van der Waals surface area (Å²) in [5.74, 6) is 0. The van der Waals surface area contributed by atoms with Gasteiger partial charge in [0.2, 0.25) is 0 Å². The second-order valence-corrected chi connectivity index (χ2v) is 19.8. The molecule has 1 rings (SSSR count). The fraction of sp³-hybridized carbons (Fsp3) is 0.714. The number of aliphatic hydroxyl groups excluding tert-OH is 1. The zero-order valence-corrected chi connectivity index (χ0v) is 20.5. The third-order valence-corrected chi connectivity index (χ3v) is 15.1. The second-order valence-electron chi connectivity index (χ2n) is 10.3. The molecular formula is C21H40O3Si2. The molecule has 0 unspecified atom stereocenters. The number of aliphatic hydroxyl groups is 1. The van der Waals surface area contributed by atoms with Crippen LogP contribution in [0.3, 0.4) is 0 Å². The lowest BCUT2D eigenvalue weighted by Gasteiger charge is -2.44. The molecule has 0 radical (unpaired) electrons. The molecule has 0 aromatic heterocycles. The maximum atomic E-state index is 10.2. The molecule has 0 bridgehead atoms. The van der Waals surface area contributed by atoms with Crippen LogP contribution >= 0.6 is 0 Å². The highest BCUT2D eigenvalue weighted by Gasteiger charge is 2.44. The first-order chi connectivity index (χ1) is 11.6. The van der Waals surface area contributed by atoms with Crippen molar-refractivity contribution < 1.29 is 14.0 Å². The summed E-state index contributed by atoms with van der Waals surface area (Å²) in [5, 5.41) is 10.4. The van der Waals surface area contributed by atoms with E-state index in [-0.39, 0.29) is 28.9 Å². The zero-order valence-electron chi connectivity index (χ0n) is 18.5. The molecule has 150 valence electrons. The number of rotatable bonds is 7. The molecule has 0 aliphatic carbocycles. The van der Waals surface area contributed by atoms with Crippen molar-refractivity contribution >= 4 is 16.6 Å². The molecule has 1 N–H and O–H groups in total. The molecule has 0 heterocycles. The van der Waals surface area contributed by atoms with E-state index in [2.05, 4.69) is 79.9 Å². The molecule has 3 nitrogen and oxygen atoms in total. The summed E-state index contributed by atoms with van der Waals surface area (Å²) in [6.45, 7) is 22.3. The van der Waals surface area contributed by atoms with Crippen molar-refractivity contribution in [2.45, 2.75) is 90.0 Å². The molecule has 5 heteroatoms. The van der Waals surface area contributed by atoms with Crippen molar-refractivity contribution in [1.29, 1.82) is 0 Å². The van der Waals surface area contributed by atoms with Gasteiger partial charge in [-0.05, 0) is 41.8 Å². The summed E-state index contributed by atoms with van der Waals surface area (Å²) in [5.41, 5.74) is 1.08. The van der Waals surface area contributed by atoms with Gasteiger partial charge in [0.05, 0.1) is 18.8 Å². The Labute approximate surface area is 163 Å². The predicted octanol–water partition coefficient (Wildman–Crippen LogP) is 6.13. The van der Waals surface area contributed by atoms with E-state index in [0.29, 0.717) is 0 Å². The van der Waals surface area contributed by atoms with Crippen molar-refractivity contribution in [2.24, 2.45) is 0 Å². The molecule has 0 saturated heterocycles. The van der Waals surface area contributed by atoms with Gasteiger partial charge >= 0.3 is 0 Å². The third-order valence-electron chi connectivity index (χ3n) is 6.13. The van der Waals surface area contributed by atoms with Gasteiger partial charge in [-0.3, -0.25) is 0 Å². The van der Waals surface area contributed by atoms with Crippen LogP contribution in [0.15, 0.2) is 30.3 Å². The summed E-state index contributed by atoms with van der Waals surface area (Å²) < 4.78 is 13.4. The molecule has 0 spiro atoms. The molecule has 0 aliphatic heterocycles. The van der Waals surface area contributed by atoms with Gasteiger partial charge in [0.25, 0.3) is 0 Å². The summed E-state index contributed by atoms with van der Waals surface area (Å²) in [6.07, 6.45) is -0.608. The van der Waals surface area contributed by atoms with Gasteiger partial charge in [0.15, 0.2) is 16.6 Å². The van der Waals surface area contributed by atoms with Crippen LogP contribution in [0.5, 0.6) is 0 Å². The van der Waals surface area contributed by atoms with Crippen LogP contribution in [-0.4, -0.2) is 34.5 Å². The molecule has 2 atom stereocenters. The molecule has 26 heavy (non-hydrogen) atoms. The van der Waals surface area contributed by atoms with E-state index in [0.717, 1.165) is 5.56 Å². The fourth-order valence-electron chi connectivity index (χ4n) is 2.25. The summed E-state index contributed by atoms with van der Waals surface area (Å²) >= 11 is 0. The predicted molar refractivity (Wildman–Crippen MR) is 117 cm³/mol. The summed E-state index contributed by atoms with van der Waals surface area (Å²) in [6, 6.07) is 10.2. The standard InChI is InChI=1S/C21H40O3Si2/c1-20(2,3)25(7,8)23-18(16-22)19(17-14-12-11-13-15-17)24-26(9,10)21(4,5)6/h11-15,18-19,22H,16H2,1-10H3/t18-,19+/m0/s1. The average Bonchev–Trinajstić information content (AvgIpc) is 2.49. The van der Waals surface area contributed by atoms with Gasteiger partial charge in [-0.15, -0.1) is 0 Å². The SMILES string of the molecule is CC(C)(C)[Si](C)(C)O[C@@H](CO)[C@H](O[Si](C)(C)C(C)(C)C)c1ccccc1. The highest BCUT2D eigenvalue weighted by Crippen LogP contribution is 2.43. The monoisotopic (exact) mass is 396 g/mol. The normalized spacial score (nSPS) is 16.4. The Kier molecular flexibility index (Phi) is 7.50. The molecule has 1 aromatic carbocycles. The van der Waals surface area contributed by atoms with Crippen molar-refractivity contribution in [2.75, 3.05) is 6.61 Å². The van der Waals surface area contributed by atoms with Crippen LogP contribution in [0, 0.1) is 0 Å². The van der Waals surface area contributed by atoms with Crippen molar-refractivity contribution in [3.05, 3.63) is 35.9 Å². The molecule has 0 amide bonds. The second kappa shape index (κ2) is 8.27. The number of benzene rings is 1. The molecular weight excluding hydrogens is 356 g/mol.